The lowest BCUT2D eigenvalue weighted by molar-refractivity contribution is 0.780. The molecule has 0 fully saturated rings. The maximum atomic E-state index is 6.00. The molecule has 0 spiro atoms. The number of fused-ring (bicyclic) bond motifs is 1. The molecular formula is C14H13Cl2N3S. The predicted molar refractivity (Wildman–Crippen MR) is 84.9 cm³/mol. The monoisotopic (exact) mass is 325 g/mol. The predicted octanol–water partition coefficient (Wildman–Crippen LogP) is 4.50. The zero-order chi connectivity index (χ0) is 14.1. The first-order valence-electron chi connectivity index (χ1n) is 6.35. The van der Waals surface area contributed by atoms with Gasteiger partial charge in [-0.2, -0.15) is 0 Å². The molecule has 3 aromatic heterocycles. The molecule has 3 nitrogen and oxygen atoms in total. The summed E-state index contributed by atoms with van der Waals surface area (Å²) in [6, 6.07) is 6.15. The average Bonchev–Trinajstić information content (AvgIpc) is 3.03. The highest BCUT2D eigenvalue weighted by Crippen LogP contribution is 2.23. The molecule has 0 amide bonds. The van der Waals surface area contributed by atoms with Gasteiger partial charge in [0.25, 0.3) is 0 Å². The highest BCUT2D eigenvalue weighted by molar-refractivity contribution is 7.11. The van der Waals surface area contributed by atoms with Crippen molar-refractivity contribution in [2.24, 2.45) is 0 Å². The largest absolute Gasteiger partial charge is 0.306 e. The van der Waals surface area contributed by atoms with Crippen molar-refractivity contribution in [3.63, 3.8) is 0 Å². The lowest BCUT2D eigenvalue weighted by Gasteiger charge is -2.05. The van der Waals surface area contributed by atoms with Crippen molar-refractivity contribution in [1.82, 2.24) is 14.5 Å². The molecule has 0 aliphatic heterocycles. The third kappa shape index (κ3) is 2.55. The molecule has 0 unspecified atom stereocenters. The highest BCUT2D eigenvalue weighted by atomic mass is 35.5. The number of aromatic nitrogens is 3. The molecule has 0 N–H and O–H groups in total. The fourth-order valence-corrected chi connectivity index (χ4v) is 3.46. The van der Waals surface area contributed by atoms with Crippen LogP contribution >= 0.6 is 34.5 Å². The van der Waals surface area contributed by atoms with Gasteiger partial charge in [-0.25, -0.2) is 9.97 Å². The SMILES string of the molecule is CCc1ccc(Cn2c(CCl)nc3cc(Cl)cnc32)s1. The maximum Gasteiger partial charge on any atom is 0.160 e. The minimum Gasteiger partial charge on any atom is -0.306 e. The Hall–Kier alpha value is -1.10. The van der Waals surface area contributed by atoms with Crippen molar-refractivity contribution in [3.05, 3.63) is 45.0 Å². The van der Waals surface area contributed by atoms with E-state index in [9.17, 15) is 0 Å². The van der Waals surface area contributed by atoms with Gasteiger partial charge in [-0.15, -0.1) is 22.9 Å². The molecule has 20 heavy (non-hydrogen) atoms. The maximum absolute atomic E-state index is 6.00. The zero-order valence-electron chi connectivity index (χ0n) is 10.9. The van der Waals surface area contributed by atoms with Crippen LogP contribution in [0.5, 0.6) is 0 Å². The molecule has 0 saturated carbocycles. The van der Waals surface area contributed by atoms with E-state index in [0.29, 0.717) is 10.9 Å². The molecular weight excluding hydrogens is 313 g/mol. The first kappa shape index (κ1) is 13.9. The summed E-state index contributed by atoms with van der Waals surface area (Å²) in [5.41, 5.74) is 1.62. The number of aryl methyl sites for hydroxylation is 1. The first-order chi connectivity index (χ1) is 9.71. The van der Waals surface area contributed by atoms with Gasteiger partial charge >= 0.3 is 0 Å². The van der Waals surface area contributed by atoms with Crippen molar-refractivity contribution in [2.75, 3.05) is 0 Å². The van der Waals surface area contributed by atoms with Gasteiger partial charge in [0, 0.05) is 16.0 Å². The standard InChI is InChI=1S/C14H13Cl2N3S/c1-2-10-3-4-11(20-10)8-19-13(6-15)18-12-5-9(16)7-17-14(12)19/h3-5,7H,2,6,8H2,1H3. The van der Waals surface area contributed by atoms with Gasteiger partial charge in [0.2, 0.25) is 0 Å². The first-order valence-corrected chi connectivity index (χ1v) is 8.08. The minimum atomic E-state index is 0.361. The van der Waals surface area contributed by atoms with Crippen LogP contribution in [0.2, 0.25) is 5.02 Å². The van der Waals surface area contributed by atoms with Gasteiger partial charge in [-0.3, -0.25) is 0 Å². The van der Waals surface area contributed by atoms with E-state index in [0.717, 1.165) is 30.0 Å². The van der Waals surface area contributed by atoms with Crippen LogP contribution in [0.15, 0.2) is 24.4 Å². The Kier molecular flexibility index (Phi) is 3.96. The number of pyridine rings is 1. The number of nitrogens with zero attached hydrogens (tertiary/aromatic N) is 3. The molecule has 3 heterocycles. The Bertz CT molecular complexity index is 748. The summed E-state index contributed by atoms with van der Waals surface area (Å²) < 4.78 is 2.06. The van der Waals surface area contributed by atoms with Crippen LogP contribution in [0, 0.1) is 0 Å². The molecule has 0 aliphatic carbocycles. The van der Waals surface area contributed by atoms with Crippen LogP contribution in [0.25, 0.3) is 11.2 Å². The molecule has 0 aromatic carbocycles. The summed E-state index contributed by atoms with van der Waals surface area (Å²) in [6.07, 6.45) is 2.71. The van der Waals surface area contributed by atoms with E-state index in [1.54, 1.807) is 6.20 Å². The van der Waals surface area contributed by atoms with Gasteiger partial charge in [-0.05, 0) is 24.6 Å². The minimum absolute atomic E-state index is 0.361. The lowest BCUT2D eigenvalue weighted by Crippen LogP contribution is -2.03. The summed E-state index contributed by atoms with van der Waals surface area (Å²) >= 11 is 13.8. The molecule has 0 saturated heterocycles. The number of hydrogen-bond donors (Lipinski definition) is 0. The fraction of sp³-hybridized carbons (Fsp3) is 0.286. The van der Waals surface area contributed by atoms with Crippen molar-refractivity contribution in [3.8, 4) is 0 Å². The fourth-order valence-electron chi connectivity index (χ4n) is 2.15. The number of imidazole rings is 1. The zero-order valence-corrected chi connectivity index (χ0v) is 13.3. The third-order valence-corrected chi connectivity index (χ3v) is 4.79. The Morgan fingerprint density at radius 1 is 1.30 bits per heavy atom. The summed E-state index contributed by atoms with van der Waals surface area (Å²) in [5, 5.41) is 0.590. The van der Waals surface area contributed by atoms with E-state index in [2.05, 4.69) is 33.6 Å². The smallest absolute Gasteiger partial charge is 0.160 e. The Morgan fingerprint density at radius 2 is 2.10 bits per heavy atom. The van der Waals surface area contributed by atoms with E-state index in [1.807, 2.05) is 17.4 Å². The van der Waals surface area contributed by atoms with Crippen LogP contribution in [-0.4, -0.2) is 14.5 Å². The quantitative estimate of drug-likeness (QED) is 0.661. The second-order valence-corrected chi connectivity index (χ2v) is 6.42. The van der Waals surface area contributed by atoms with Crippen LogP contribution < -0.4 is 0 Å². The molecule has 0 aliphatic rings. The third-order valence-electron chi connectivity index (χ3n) is 3.13. The molecule has 0 bridgehead atoms. The van der Waals surface area contributed by atoms with Crippen LogP contribution in [0.3, 0.4) is 0 Å². The summed E-state index contributed by atoms with van der Waals surface area (Å²) in [5.74, 6) is 1.18. The number of hydrogen-bond acceptors (Lipinski definition) is 3. The van der Waals surface area contributed by atoms with Gasteiger partial charge in [0.15, 0.2) is 5.65 Å². The topological polar surface area (TPSA) is 30.7 Å². The summed E-state index contributed by atoms with van der Waals surface area (Å²) in [4.78, 5) is 11.6. The normalized spacial score (nSPS) is 11.3. The van der Waals surface area contributed by atoms with E-state index in [-0.39, 0.29) is 0 Å². The highest BCUT2D eigenvalue weighted by Gasteiger charge is 2.12. The number of rotatable bonds is 4. The Balaban J connectivity index is 2.04. The van der Waals surface area contributed by atoms with Crippen LogP contribution in [0.1, 0.15) is 22.5 Å². The van der Waals surface area contributed by atoms with Gasteiger partial charge in [0.1, 0.15) is 11.3 Å². The van der Waals surface area contributed by atoms with E-state index >= 15 is 0 Å². The number of thiophene rings is 1. The van der Waals surface area contributed by atoms with Crippen LogP contribution in [0.4, 0.5) is 0 Å². The van der Waals surface area contributed by atoms with E-state index < -0.39 is 0 Å². The molecule has 3 rings (SSSR count). The Labute approximate surface area is 131 Å². The van der Waals surface area contributed by atoms with Crippen LogP contribution in [-0.2, 0) is 18.8 Å². The lowest BCUT2D eigenvalue weighted by atomic mass is 10.3. The molecule has 104 valence electrons. The van der Waals surface area contributed by atoms with Gasteiger partial charge in [-0.1, -0.05) is 18.5 Å². The summed E-state index contributed by atoms with van der Waals surface area (Å²) in [7, 11) is 0. The number of alkyl halides is 1. The molecule has 3 aromatic rings. The van der Waals surface area contributed by atoms with Crippen molar-refractivity contribution in [1.29, 1.82) is 0 Å². The van der Waals surface area contributed by atoms with Gasteiger partial charge in [0.05, 0.1) is 17.4 Å². The van der Waals surface area contributed by atoms with E-state index in [1.165, 1.54) is 9.75 Å². The van der Waals surface area contributed by atoms with Crippen molar-refractivity contribution < 1.29 is 0 Å². The second kappa shape index (κ2) is 5.72. The molecule has 0 radical (unpaired) electrons. The molecule has 0 atom stereocenters. The van der Waals surface area contributed by atoms with Crippen molar-refractivity contribution >= 4 is 45.7 Å². The van der Waals surface area contributed by atoms with Crippen molar-refractivity contribution in [2.45, 2.75) is 25.8 Å². The van der Waals surface area contributed by atoms with Gasteiger partial charge < -0.3 is 4.57 Å². The average molecular weight is 326 g/mol. The number of halogens is 2. The second-order valence-electron chi connectivity index (χ2n) is 4.47. The summed E-state index contributed by atoms with van der Waals surface area (Å²) in [6.45, 7) is 2.91. The molecule has 6 heteroatoms. The Morgan fingerprint density at radius 3 is 2.80 bits per heavy atom. The van der Waals surface area contributed by atoms with E-state index in [4.69, 9.17) is 23.2 Å².